The molecule has 2 aromatic rings. The van der Waals surface area contributed by atoms with E-state index in [1.165, 1.54) is 12.1 Å². The summed E-state index contributed by atoms with van der Waals surface area (Å²) in [6.07, 6.45) is 3.58. The molecule has 1 aromatic carbocycles. The Labute approximate surface area is 162 Å². The maximum Gasteiger partial charge on any atom is 0.256 e. The number of nitrogens with zero attached hydrogens (tertiary/aromatic N) is 4. The number of halogens is 1. The van der Waals surface area contributed by atoms with Crippen LogP contribution in [-0.4, -0.2) is 51.5 Å². The fourth-order valence-corrected chi connectivity index (χ4v) is 3.93. The molecule has 28 heavy (non-hydrogen) atoms. The third kappa shape index (κ3) is 3.50. The number of nitrogens with one attached hydrogen (secondary N) is 1. The Morgan fingerprint density at radius 2 is 2.07 bits per heavy atom. The highest BCUT2D eigenvalue weighted by Gasteiger charge is 2.29. The fourth-order valence-electron chi connectivity index (χ4n) is 3.93. The topological polar surface area (TPSA) is 82.2 Å². The Hall–Kier alpha value is -2.77. The van der Waals surface area contributed by atoms with E-state index in [9.17, 15) is 14.0 Å². The maximum absolute atomic E-state index is 14.4. The average Bonchev–Trinajstić information content (AvgIpc) is 3.37. The van der Waals surface area contributed by atoms with Crippen molar-refractivity contribution in [2.45, 2.75) is 44.9 Å². The van der Waals surface area contributed by atoms with Crippen LogP contribution in [0.4, 0.5) is 10.1 Å². The van der Waals surface area contributed by atoms with Gasteiger partial charge in [0.05, 0.1) is 5.56 Å². The number of benzene rings is 1. The van der Waals surface area contributed by atoms with Gasteiger partial charge in [-0.15, -0.1) is 0 Å². The van der Waals surface area contributed by atoms with Gasteiger partial charge in [-0.2, -0.15) is 5.10 Å². The lowest BCUT2D eigenvalue weighted by Gasteiger charge is -2.31. The highest BCUT2D eigenvalue weighted by atomic mass is 19.1. The summed E-state index contributed by atoms with van der Waals surface area (Å²) in [5, 5.41) is 7.21. The molecular formula is C20H24FN5O2. The fraction of sp³-hybridized carbons (Fsp3) is 0.500. The molecule has 0 saturated carbocycles. The number of hydrogen-bond donors (Lipinski definition) is 1. The average molecular weight is 385 g/mol. The molecule has 0 bridgehead atoms. The van der Waals surface area contributed by atoms with Crippen LogP contribution in [0.3, 0.4) is 0 Å². The van der Waals surface area contributed by atoms with E-state index in [0.29, 0.717) is 31.7 Å². The third-order valence-electron chi connectivity index (χ3n) is 5.60. The number of aromatic nitrogens is 3. The van der Waals surface area contributed by atoms with Crippen molar-refractivity contribution in [3.63, 3.8) is 0 Å². The predicted octanol–water partition coefficient (Wildman–Crippen LogP) is 2.65. The molecule has 148 valence electrons. The van der Waals surface area contributed by atoms with Gasteiger partial charge in [-0.25, -0.2) is 9.37 Å². The zero-order valence-electron chi connectivity index (χ0n) is 15.9. The Kier molecular flexibility index (Phi) is 5.11. The minimum Gasteiger partial charge on any atom is -0.339 e. The molecule has 8 heteroatoms. The highest BCUT2D eigenvalue weighted by molar-refractivity contribution is 5.99. The number of hydrogen-bond acceptors (Lipinski definition) is 4. The first-order valence-corrected chi connectivity index (χ1v) is 9.87. The van der Waals surface area contributed by atoms with Crippen LogP contribution in [0.5, 0.6) is 0 Å². The van der Waals surface area contributed by atoms with Gasteiger partial charge in [0.2, 0.25) is 5.91 Å². The van der Waals surface area contributed by atoms with Crippen molar-refractivity contribution in [1.82, 2.24) is 20.1 Å². The Morgan fingerprint density at radius 3 is 2.71 bits per heavy atom. The second kappa shape index (κ2) is 7.69. The van der Waals surface area contributed by atoms with E-state index in [1.54, 1.807) is 15.9 Å². The van der Waals surface area contributed by atoms with E-state index in [1.807, 2.05) is 6.92 Å². The van der Waals surface area contributed by atoms with Crippen molar-refractivity contribution >= 4 is 17.5 Å². The van der Waals surface area contributed by atoms with Crippen LogP contribution in [0.2, 0.25) is 0 Å². The number of aryl methyl sites for hydroxylation is 1. The summed E-state index contributed by atoms with van der Waals surface area (Å²) in [7, 11) is 0. The zero-order valence-corrected chi connectivity index (χ0v) is 15.9. The molecule has 0 radical (unpaired) electrons. The number of carbonyl (C=O) groups is 2. The molecule has 2 fully saturated rings. The van der Waals surface area contributed by atoms with Gasteiger partial charge in [-0.1, -0.05) is 6.92 Å². The van der Waals surface area contributed by atoms with Crippen molar-refractivity contribution in [2.75, 3.05) is 24.5 Å². The molecular weight excluding hydrogens is 361 g/mol. The van der Waals surface area contributed by atoms with Crippen LogP contribution in [0.15, 0.2) is 18.2 Å². The lowest BCUT2D eigenvalue weighted by atomic mass is 9.95. The van der Waals surface area contributed by atoms with Crippen LogP contribution in [0.1, 0.15) is 60.5 Å². The molecule has 1 N–H and O–H groups in total. The van der Waals surface area contributed by atoms with Gasteiger partial charge in [0.15, 0.2) is 5.82 Å². The van der Waals surface area contributed by atoms with Crippen molar-refractivity contribution in [2.24, 2.45) is 0 Å². The van der Waals surface area contributed by atoms with Gasteiger partial charge in [-0.05, 0) is 37.5 Å². The quantitative estimate of drug-likeness (QED) is 0.877. The van der Waals surface area contributed by atoms with Gasteiger partial charge < -0.3 is 9.80 Å². The second-order valence-electron chi connectivity index (χ2n) is 7.37. The number of likely N-dealkylation sites (tertiary alicyclic amines) is 1. The molecule has 4 rings (SSSR count). The van der Waals surface area contributed by atoms with E-state index < -0.39 is 5.82 Å². The molecule has 2 saturated heterocycles. The molecule has 2 amide bonds. The van der Waals surface area contributed by atoms with Gasteiger partial charge >= 0.3 is 0 Å². The van der Waals surface area contributed by atoms with E-state index in [0.717, 1.165) is 37.3 Å². The summed E-state index contributed by atoms with van der Waals surface area (Å²) >= 11 is 0. The number of piperidine rings is 1. The molecule has 1 aromatic heterocycles. The SMILES string of the molecule is CCc1nc(C2CCN(C(=O)c3cc(N4CCCC4=O)ccc3F)CC2)n[nH]1. The Bertz CT molecular complexity index is 888. The number of rotatable bonds is 4. The first-order chi connectivity index (χ1) is 13.6. The van der Waals surface area contributed by atoms with E-state index in [2.05, 4.69) is 15.2 Å². The Morgan fingerprint density at radius 1 is 1.29 bits per heavy atom. The maximum atomic E-state index is 14.4. The summed E-state index contributed by atoms with van der Waals surface area (Å²) in [4.78, 5) is 32.7. The minimum absolute atomic E-state index is 0.0174. The number of H-pyrrole nitrogens is 1. The number of aromatic amines is 1. The number of carbonyl (C=O) groups excluding carboxylic acids is 2. The van der Waals surface area contributed by atoms with Crippen molar-refractivity contribution in [3.8, 4) is 0 Å². The van der Waals surface area contributed by atoms with Crippen LogP contribution >= 0.6 is 0 Å². The summed E-state index contributed by atoms with van der Waals surface area (Å²) < 4.78 is 14.4. The van der Waals surface area contributed by atoms with Gasteiger partial charge in [-0.3, -0.25) is 14.7 Å². The molecule has 2 aliphatic rings. The molecule has 3 heterocycles. The Balaban J connectivity index is 1.45. The monoisotopic (exact) mass is 385 g/mol. The van der Waals surface area contributed by atoms with E-state index in [4.69, 9.17) is 0 Å². The molecule has 2 aliphatic heterocycles. The molecule has 0 unspecified atom stereocenters. The van der Waals surface area contributed by atoms with Crippen molar-refractivity contribution in [1.29, 1.82) is 0 Å². The smallest absolute Gasteiger partial charge is 0.256 e. The lowest BCUT2D eigenvalue weighted by Crippen LogP contribution is -2.38. The van der Waals surface area contributed by atoms with Gasteiger partial charge in [0, 0.05) is 44.1 Å². The zero-order chi connectivity index (χ0) is 19.7. The molecule has 7 nitrogen and oxygen atoms in total. The van der Waals surface area contributed by atoms with Gasteiger partial charge in [0.25, 0.3) is 5.91 Å². The first-order valence-electron chi connectivity index (χ1n) is 9.87. The van der Waals surface area contributed by atoms with E-state index >= 15 is 0 Å². The van der Waals surface area contributed by atoms with E-state index in [-0.39, 0.29) is 23.3 Å². The van der Waals surface area contributed by atoms with Crippen molar-refractivity contribution in [3.05, 3.63) is 41.2 Å². The van der Waals surface area contributed by atoms with Crippen LogP contribution < -0.4 is 4.90 Å². The lowest BCUT2D eigenvalue weighted by molar-refractivity contribution is -0.117. The normalized spacial score (nSPS) is 18.1. The first kappa shape index (κ1) is 18.6. The van der Waals surface area contributed by atoms with Crippen LogP contribution in [0, 0.1) is 5.82 Å². The molecule has 0 atom stereocenters. The summed E-state index contributed by atoms with van der Waals surface area (Å²) in [6.45, 7) is 3.70. The highest BCUT2D eigenvalue weighted by Crippen LogP contribution is 2.28. The minimum atomic E-state index is -0.552. The van der Waals surface area contributed by atoms with Crippen LogP contribution in [-0.2, 0) is 11.2 Å². The number of anilines is 1. The molecule has 0 spiro atoms. The van der Waals surface area contributed by atoms with Crippen LogP contribution in [0.25, 0.3) is 0 Å². The van der Waals surface area contributed by atoms with Crippen molar-refractivity contribution < 1.29 is 14.0 Å². The largest absolute Gasteiger partial charge is 0.339 e. The predicted molar refractivity (Wildman–Crippen MR) is 102 cm³/mol. The number of amides is 2. The standard InChI is InChI=1S/C20H24FN5O2/c1-2-17-22-19(24-23-17)13-7-10-25(11-8-13)20(28)15-12-14(5-6-16(15)21)26-9-3-4-18(26)27/h5-6,12-13H,2-4,7-11H2,1H3,(H,22,23,24). The summed E-state index contributed by atoms with van der Waals surface area (Å²) in [5.41, 5.74) is 0.622. The molecule has 0 aliphatic carbocycles. The van der Waals surface area contributed by atoms with Gasteiger partial charge in [0.1, 0.15) is 11.6 Å². The summed E-state index contributed by atoms with van der Waals surface area (Å²) in [6, 6.07) is 4.35. The summed E-state index contributed by atoms with van der Waals surface area (Å²) in [5.74, 6) is 1.01. The third-order valence-corrected chi connectivity index (χ3v) is 5.60. The second-order valence-corrected chi connectivity index (χ2v) is 7.37.